The number of carbonyl (C=O) groups excluding carboxylic acids is 1. The number of rotatable bonds is 2. The Labute approximate surface area is 85.5 Å². The highest BCUT2D eigenvalue weighted by Crippen LogP contribution is 2.36. The van der Waals surface area contributed by atoms with Gasteiger partial charge in [0.15, 0.2) is 5.78 Å². The molecule has 1 aromatic rings. The van der Waals surface area contributed by atoms with Crippen molar-refractivity contribution >= 4 is 11.8 Å². The Bertz CT molecular complexity index is 437. The molecule has 4 heteroatoms. The van der Waals surface area contributed by atoms with E-state index in [1.165, 1.54) is 12.1 Å². The van der Waals surface area contributed by atoms with Crippen LogP contribution in [-0.2, 0) is 4.79 Å². The van der Waals surface area contributed by atoms with Crippen LogP contribution < -0.4 is 0 Å². The van der Waals surface area contributed by atoms with Gasteiger partial charge < -0.3 is 5.11 Å². The highest BCUT2D eigenvalue weighted by atomic mass is 19.1. The van der Waals surface area contributed by atoms with Crippen LogP contribution in [0.1, 0.15) is 34.7 Å². The summed E-state index contributed by atoms with van der Waals surface area (Å²) in [6, 6.07) is 4.27. The summed E-state index contributed by atoms with van der Waals surface area (Å²) in [5.41, 5.74) is 0.603. The topological polar surface area (TPSA) is 54.4 Å². The number of fused-ring (bicyclic) bond motifs is 1. The summed E-state index contributed by atoms with van der Waals surface area (Å²) in [7, 11) is 0. The summed E-state index contributed by atoms with van der Waals surface area (Å²) in [6.45, 7) is 0. The van der Waals surface area contributed by atoms with Gasteiger partial charge in [0.1, 0.15) is 5.82 Å². The van der Waals surface area contributed by atoms with E-state index >= 15 is 0 Å². The summed E-state index contributed by atoms with van der Waals surface area (Å²) in [6.07, 6.45) is -0.0950. The summed E-state index contributed by atoms with van der Waals surface area (Å²) < 4.78 is 13.4. The normalized spacial score (nSPS) is 19.0. The molecule has 0 bridgehead atoms. The maximum atomic E-state index is 13.4. The fourth-order valence-electron chi connectivity index (χ4n) is 2.02. The minimum absolute atomic E-state index is 0.0998. The Morgan fingerprint density at radius 2 is 2.27 bits per heavy atom. The average molecular weight is 208 g/mol. The molecule has 0 aliphatic heterocycles. The summed E-state index contributed by atoms with van der Waals surface area (Å²) in [5.74, 6) is -2.17. The molecule has 1 aromatic carbocycles. The number of carboxylic acids is 1. The van der Waals surface area contributed by atoms with Crippen LogP contribution in [0.4, 0.5) is 4.39 Å². The molecule has 0 aromatic heterocycles. The number of carboxylic acid groups (broad SMARTS) is 1. The molecule has 1 atom stereocenters. The van der Waals surface area contributed by atoms with Crippen molar-refractivity contribution in [2.24, 2.45) is 0 Å². The standard InChI is InChI=1S/C11H9FO3/c12-8-3-1-2-7-9(13)4-6(11(7)8)5-10(14)15/h1-3,6H,4-5H2,(H,14,15). The SMILES string of the molecule is O=C(O)CC1CC(=O)c2cccc(F)c21. The Morgan fingerprint density at radius 1 is 1.53 bits per heavy atom. The van der Waals surface area contributed by atoms with E-state index in [9.17, 15) is 14.0 Å². The van der Waals surface area contributed by atoms with Crippen molar-refractivity contribution in [3.05, 3.63) is 35.1 Å². The highest BCUT2D eigenvalue weighted by Gasteiger charge is 2.33. The molecule has 0 amide bonds. The summed E-state index contributed by atoms with van der Waals surface area (Å²) >= 11 is 0. The number of carbonyl (C=O) groups is 2. The molecule has 2 rings (SSSR count). The lowest BCUT2D eigenvalue weighted by atomic mass is 9.97. The molecule has 0 spiro atoms. The Kier molecular flexibility index (Phi) is 2.26. The van der Waals surface area contributed by atoms with Gasteiger partial charge in [-0.25, -0.2) is 4.39 Å². The highest BCUT2D eigenvalue weighted by molar-refractivity contribution is 6.01. The van der Waals surface area contributed by atoms with Crippen molar-refractivity contribution in [2.75, 3.05) is 0 Å². The van der Waals surface area contributed by atoms with Gasteiger partial charge in [-0.2, -0.15) is 0 Å². The van der Waals surface area contributed by atoms with Gasteiger partial charge in [0, 0.05) is 23.5 Å². The summed E-state index contributed by atoms with van der Waals surface area (Å²) in [4.78, 5) is 22.0. The molecular weight excluding hydrogens is 199 g/mol. The van der Waals surface area contributed by atoms with Gasteiger partial charge in [0.25, 0.3) is 0 Å². The minimum Gasteiger partial charge on any atom is -0.481 e. The van der Waals surface area contributed by atoms with Gasteiger partial charge in [0.2, 0.25) is 0 Å². The zero-order chi connectivity index (χ0) is 11.0. The van der Waals surface area contributed by atoms with Crippen molar-refractivity contribution in [1.29, 1.82) is 0 Å². The van der Waals surface area contributed by atoms with Crippen molar-refractivity contribution < 1.29 is 19.1 Å². The number of benzene rings is 1. The second-order valence-electron chi connectivity index (χ2n) is 3.62. The third kappa shape index (κ3) is 1.63. The van der Waals surface area contributed by atoms with Crippen molar-refractivity contribution in [2.45, 2.75) is 18.8 Å². The largest absolute Gasteiger partial charge is 0.481 e. The van der Waals surface area contributed by atoms with Crippen LogP contribution in [0.25, 0.3) is 0 Å². The molecule has 0 fully saturated rings. The quantitative estimate of drug-likeness (QED) is 0.808. The molecule has 0 saturated carbocycles. The maximum Gasteiger partial charge on any atom is 0.303 e. The molecule has 3 nitrogen and oxygen atoms in total. The Balaban J connectivity index is 2.44. The lowest BCUT2D eigenvalue weighted by Gasteiger charge is -2.07. The van der Waals surface area contributed by atoms with Crippen LogP contribution in [-0.4, -0.2) is 16.9 Å². The Hall–Kier alpha value is -1.71. The molecular formula is C11H9FO3. The Morgan fingerprint density at radius 3 is 2.93 bits per heavy atom. The van der Waals surface area contributed by atoms with Crippen LogP contribution in [0.15, 0.2) is 18.2 Å². The van der Waals surface area contributed by atoms with Crippen molar-refractivity contribution in [3.8, 4) is 0 Å². The van der Waals surface area contributed by atoms with Crippen LogP contribution in [0.3, 0.4) is 0 Å². The van der Waals surface area contributed by atoms with E-state index in [0.717, 1.165) is 0 Å². The number of halogens is 1. The van der Waals surface area contributed by atoms with E-state index in [-0.39, 0.29) is 24.2 Å². The van der Waals surface area contributed by atoms with E-state index < -0.39 is 17.7 Å². The number of hydrogen-bond donors (Lipinski definition) is 1. The zero-order valence-corrected chi connectivity index (χ0v) is 7.87. The van der Waals surface area contributed by atoms with Gasteiger partial charge in [-0.05, 0) is 6.07 Å². The third-order valence-electron chi connectivity index (χ3n) is 2.61. The van der Waals surface area contributed by atoms with Crippen LogP contribution in [0.2, 0.25) is 0 Å². The van der Waals surface area contributed by atoms with Crippen LogP contribution in [0, 0.1) is 5.82 Å². The zero-order valence-electron chi connectivity index (χ0n) is 7.87. The number of aliphatic carboxylic acids is 1. The smallest absolute Gasteiger partial charge is 0.303 e. The molecule has 1 aliphatic carbocycles. The molecule has 0 heterocycles. The fourth-order valence-corrected chi connectivity index (χ4v) is 2.02. The van der Waals surface area contributed by atoms with E-state index in [0.29, 0.717) is 5.56 Å². The van der Waals surface area contributed by atoms with Crippen LogP contribution >= 0.6 is 0 Å². The number of hydrogen-bond acceptors (Lipinski definition) is 2. The lowest BCUT2D eigenvalue weighted by Crippen LogP contribution is -2.04. The molecule has 0 radical (unpaired) electrons. The van der Waals surface area contributed by atoms with Gasteiger partial charge in [-0.1, -0.05) is 12.1 Å². The first-order valence-electron chi connectivity index (χ1n) is 4.63. The predicted molar refractivity (Wildman–Crippen MR) is 50.3 cm³/mol. The van der Waals surface area contributed by atoms with Gasteiger partial charge in [-0.3, -0.25) is 9.59 Å². The molecule has 78 valence electrons. The number of Topliss-reactive ketones (excluding diaryl/α,β-unsaturated/α-hetero) is 1. The summed E-state index contributed by atoms with van der Waals surface area (Å²) in [5, 5.41) is 8.64. The third-order valence-corrected chi connectivity index (χ3v) is 2.61. The monoisotopic (exact) mass is 208 g/mol. The number of ketones is 1. The first kappa shape index (κ1) is 9.83. The first-order chi connectivity index (χ1) is 7.09. The molecule has 1 aliphatic rings. The van der Waals surface area contributed by atoms with Crippen LogP contribution in [0.5, 0.6) is 0 Å². The second kappa shape index (κ2) is 3.46. The first-order valence-corrected chi connectivity index (χ1v) is 4.63. The van der Waals surface area contributed by atoms with Gasteiger partial charge in [0.05, 0.1) is 6.42 Å². The van der Waals surface area contributed by atoms with Crippen molar-refractivity contribution in [1.82, 2.24) is 0 Å². The average Bonchev–Trinajstić information content (AvgIpc) is 2.44. The fraction of sp³-hybridized carbons (Fsp3) is 0.273. The minimum atomic E-state index is -1.01. The second-order valence-corrected chi connectivity index (χ2v) is 3.62. The molecule has 15 heavy (non-hydrogen) atoms. The van der Waals surface area contributed by atoms with E-state index in [1.807, 2.05) is 0 Å². The van der Waals surface area contributed by atoms with Gasteiger partial charge >= 0.3 is 5.97 Å². The van der Waals surface area contributed by atoms with E-state index in [4.69, 9.17) is 5.11 Å². The molecule has 0 saturated heterocycles. The van der Waals surface area contributed by atoms with E-state index in [2.05, 4.69) is 0 Å². The van der Waals surface area contributed by atoms with Gasteiger partial charge in [-0.15, -0.1) is 0 Å². The predicted octanol–water partition coefficient (Wildman–Crippen LogP) is 1.97. The molecule has 1 unspecified atom stereocenters. The van der Waals surface area contributed by atoms with E-state index in [1.54, 1.807) is 6.07 Å². The van der Waals surface area contributed by atoms with Crippen molar-refractivity contribution in [3.63, 3.8) is 0 Å². The lowest BCUT2D eigenvalue weighted by molar-refractivity contribution is -0.137. The molecule has 1 N–H and O–H groups in total. The maximum absolute atomic E-state index is 13.4.